The van der Waals surface area contributed by atoms with Crippen LogP contribution in [0.5, 0.6) is 5.75 Å². The SMILES string of the molecule is COc1ccc(C(=O)N(C)C)cc1NC(=O)c1ccc(CSC)cc1. The number of anilines is 1. The number of thioether (sulfide) groups is 1. The summed E-state index contributed by atoms with van der Waals surface area (Å²) in [6.45, 7) is 0. The number of nitrogens with one attached hydrogen (secondary N) is 1. The minimum absolute atomic E-state index is 0.139. The molecule has 0 aliphatic heterocycles. The van der Waals surface area contributed by atoms with E-state index in [1.807, 2.05) is 18.4 Å². The van der Waals surface area contributed by atoms with E-state index in [1.165, 1.54) is 17.6 Å². The standard InChI is InChI=1S/C19H22N2O3S/c1-21(2)19(23)15-9-10-17(24-3)16(11-15)20-18(22)14-7-5-13(6-8-14)12-25-4/h5-11H,12H2,1-4H3,(H,20,22). The van der Waals surface area contributed by atoms with Crippen LogP contribution in [0.4, 0.5) is 5.69 Å². The van der Waals surface area contributed by atoms with Crippen molar-refractivity contribution in [1.82, 2.24) is 4.90 Å². The molecule has 0 aliphatic rings. The second-order valence-corrected chi connectivity index (χ2v) is 6.56. The van der Waals surface area contributed by atoms with Crippen molar-refractivity contribution in [1.29, 1.82) is 0 Å². The van der Waals surface area contributed by atoms with Crippen molar-refractivity contribution in [2.24, 2.45) is 0 Å². The lowest BCUT2D eigenvalue weighted by molar-refractivity contribution is 0.0827. The summed E-state index contributed by atoms with van der Waals surface area (Å²) < 4.78 is 5.29. The molecular formula is C19H22N2O3S. The summed E-state index contributed by atoms with van der Waals surface area (Å²) in [5.41, 5.74) is 2.67. The highest BCUT2D eigenvalue weighted by Crippen LogP contribution is 2.26. The fraction of sp³-hybridized carbons (Fsp3) is 0.263. The zero-order valence-electron chi connectivity index (χ0n) is 14.8. The molecule has 25 heavy (non-hydrogen) atoms. The van der Waals surface area contributed by atoms with E-state index in [2.05, 4.69) is 5.32 Å². The Hall–Kier alpha value is -2.47. The lowest BCUT2D eigenvalue weighted by Crippen LogP contribution is -2.22. The van der Waals surface area contributed by atoms with Crippen molar-refractivity contribution in [3.63, 3.8) is 0 Å². The van der Waals surface area contributed by atoms with Gasteiger partial charge < -0.3 is 15.0 Å². The number of rotatable bonds is 6. The lowest BCUT2D eigenvalue weighted by atomic mass is 10.1. The van der Waals surface area contributed by atoms with Gasteiger partial charge in [0.25, 0.3) is 11.8 Å². The van der Waals surface area contributed by atoms with Crippen LogP contribution >= 0.6 is 11.8 Å². The average Bonchev–Trinajstić information content (AvgIpc) is 2.61. The Labute approximate surface area is 152 Å². The average molecular weight is 358 g/mol. The summed E-state index contributed by atoms with van der Waals surface area (Å²) in [5.74, 6) is 1.02. The number of carbonyl (C=O) groups excluding carboxylic acids is 2. The van der Waals surface area contributed by atoms with E-state index < -0.39 is 0 Å². The largest absolute Gasteiger partial charge is 0.495 e. The summed E-state index contributed by atoms with van der Waals surface area (Å²) in [6.07, 6.45) is 2.04. The van der Waals surface area contributed by atoms with Gasteiger partial charge in [-0.05, 0) is 42.2 Å². The summed E-state index contributed by atoms with van der Waals surface area (Å²) >= 11 is 1.73. The molecule has 0 radical (unpaired) electrons. The fourth-order valence-electron chi connectivity index (χ4n) is 2.31. The maximum Gasteiger partial charge on any atom is 0.255 e. The monoisotopic (exact) mass is 358 g/mol. The van der Waals surface area contributed by atoms with E-state index >= 15 is 0 Å². The van der Waals surface area contributed by atoms with Crippen LogP contribution in [0.2, 0.25) is 0 Å². The quantitative estimate of drug-likeness (QED) is 0.858. The van der Waals surface area contributed by atoms with Gasteiger partial charge in [-0.3, -0.25) is 9.59 Å². The van der Waals surface area contributed by atoms with Crippen molar-refractivity contribution < 1.29 is 14.3 Å². The molecule has 2 aromatic rings. The van der Waals surface area contributed by atoms with Gasteiger partial charge in [0.2, 0.25) is 0 Å². The highest BCUT2D eigenvalue weighted by Gasteiger charge is 2.14. The summed E-state index contributed by atoms with van der Waals surface area (Å²) in [6, 6.07) is 12.4. The molecule has 132 valence electrons. The van der Waals surface area contributed by atoms with Crippen molar-refractivity contribution in [3.05, 3.63) is 59.2 Å². The summed E-state index contributed by atoms with van der Waals surface area (Å²) in [5, 5.41) is 2.82. The molecule has 1 N–H and O–H groups in total. The minimum Gasteiger partial charge on any atom is -0.495 e. The Morgan fingerprint density at radius 1 is 1.08 bits per heavy atom. The van der Waals surface area contributed by atoms with Crippen molar-refractivity contribution in [3.8, 4) is 5.75 Å². The molecule has 0 unspecified atom stereocenters. The Balaban J connectivity index is 2.23. The van der Waals surface area contributed by atoms with Crippen LogP contribution in [0.3, 0.4) is 0 Å². The van der Waals surface area contributed by atoms with Crippen LogP contribution in [-0.4, -0.2) is 44.2 Å². The Kier molecular flexibility index (Phi) is 6.47. The molecule has 0 aromatic heterocycles. The number of nitrogens with zero attached hydrogens (tertiary/aromatic N) is 1. The molecule has 0 bridgehead atoms. The topological polar surface area (TPSA) is 58.6 Å². The smallest absolute Gasteiger partial charge is 0.255 e. The number of ether oxygens (including phenoxy) is 1. The molecule has 0 saturated carbocycles. The highest BCUT2D eigenvalue weighted by atomic mass is 32.2. The summed E-state index contributed by atoms with van der Waals surface area (Å²) in [4.78, 5) is 26.1. The van der Waals surface area contributed by atoms with Crippen molar-refractivity contribution in [2.75, 3.05) is 32.8 Å². The molecule has 0 spiro atoms. The molecule has 0 heterocycles. The first-order valence-electron chi connectivity index (χ1n) is 7.75. The lowest BCUT2D eigenvalue weighted by Gasteiger charge is -2.14. The van der Waals surface area contributed by atoms with Gasteiger partial charge in [-0.1, -0.05) is 12.1 Å². The van der Waals surface area contributed by atoms with E-state index in [1.54, 1.807) is 56.2 Å². The van der Waals surface area contributed by atoms with Gasteiger partial charge >= 0.3 is 0 Å². The second-order valence-electron chi connectivity index (χ2n) is 5.70. The number of hydrogen-bond acceptors (Lipinski definition) is 4. The number of carbonyl (C=O) groups is 2. The van der Waals surface area contributed by atoms with Crippen LogP contribution in [0.25, 0.3) is 0 Å². The number of methoxy groups -OCH3 is 1. The Morgan fingerprint density at radius 2 is 1.72 bits per heavy atom. The Bertz CT molecular complexity index is 758. The molecule has 0 saturated heterocycles. The molecule has 0 atom stereocenters. The van der Waals surface area contributed by atoms with Crippen molar-refractivity contribution >= 4 is 29.3 Å². The van der Waals surface area contributed by atoms with Crippen molar-refractivity contribution in [2.45, 2.75) is 5.75 Å². The summed E-state index contributed by atoms with van der Waals surface area (Å²) in [7, 11) is 4.89. The third-order valence-corrected chi connectivity index (χ3v) is 4.25. The predicted octanol–water partition coefficient (Wildman–Crippen LogP) is 3.51. The van der Waals surface area contributed by atoms with Gasteiger partial charge in [0, 0.05) is 31.0 Å². The first-order valence-corrected chi connectivity index (χ1v) is 9.14. The molecule has 0 fully saturated rings. The van der Waals surface area contributed by atoms with Crippen LogP contribution in [0.15, 0.2) is 42.5 Å². The second kappa shape index (κ2) is 8.58. The number of hydrogen-bond donors (Lipinski definition) is 1. The normalized spacial score (nSPS) is 10.2. The van der Waals surface area contributed by atoms with Crippen LogP contribution in [0, 0.1) is 0 Å². The first-order chi connectivity index (χ1) is 12.0. The Morgan fingerprint density at radius 3 is 2.28 bits per heavy atom. The number of benzene rings is 2. The van der Waals surface area contributed by atoms with E-state index in [0.717, 1.165) is 5.75 Å². The minimum atomic E-state index is -0.247. The van der Waals surface area contributed by atoms with E-state index in [-0.39, 0.29) is 11.8 Å². The number of amides is 2. The predicted molar refractivity (Wildman–Crippen MR) is 103 cm³/mol. The van der Waals surface area contributed by atoms with Gasteiger partial charge in [0.05, 0.1) is 12.8 Å². The van der Waals surface area contributed by atoms with E-state index in [4.69, 9.17) is 4.74 Å². The first kappa shape index (κ1) is 18.9. The maximum atomic E-state index is 12.5. The molecule has 2 amide bonds. The molecule has 0 aliphatic carbocycles. The molecular weight excluding hydrogens is 336 g/mol. The van der Waals surface area contributed by atoms with Crippen LogP contribution in [-0.2, 0) is 5.75 Å². The van der Waals surface area contributed by atoms with Crippen LogP contribution < -0.4 is 10.1 Å². The van der Waals surface area contributed by atoms with Gasteiger partial charge in [-0.2, -0.15) is 11.8 Å². The van der Waals surface area contributed by atoms with Gasteiger partial charge in [-0.15, -0.1) is 0 Å². The van der Waals surface area contributed by atoms with Gasteiger partial charge in [-0.25, -0.2) is 0 Å². The van der Waals surface area contributed by atoms with Gasteiger partial charge in [0.1, 0.15) is 5.75 Å². The zero-order chi connectivity index (χ0) is 18.4. The maximum absolute atomic E-state index is 12.5. The molecule has 2 aromatic carbocycles. The fourth-order valence-corrected chi connectivity index (χ4v) is 2.84. The molecule has 5 nitrogen and oxygen atoms in total. The van der Waals surface area contributed by atoms with E-state index in [9.17, 15) is 9.59 Å². The highest BCUT2D eigenvalue weighted by molar-refractivity contribution is 7.97. The van der Waals surface area contributed by atoms with E-state index in [0.29, 0.717) is 22.6 Å². The molecule has 6 heteroatoms. The molecule has 2 rings (SSSR count). The zero-order valence-corrected chi connectivity index (χ0v) is 15.6. The third-order valence-electron chi connectivity index (χ3n) is 3.63. The third kappa shape index (κ3) is 4.76. The van der Waals surface area contributed by atoms with Crippen LogP contribution in [0.1, 0.15) is 26.3 Å². The van der Waals surface area contributed by atoms with Gasteiger partial charge in [0.15, 0.2) is 0 Å².